The summed E-state index contributed by atoms with van der Waals surface area (Å²) in [5.74, 6) is 0. The first-order valence-corrected chi connectivity index (χ1v) is 30.4. The number of rotatable bonds is 5. The second-order valence-corrected chi connectivity index (χ2v) is 19.8. The minimum atomic E-state index is 0.308. The van der Waals surface area contributed by atoms with Crippen LogP contribution in [-0.2, 0) is 0 Å². The monoisotopic (exact) mass is 1210 g/mol. The van der Waals surface area contributed by atoms with Crippen LogP contribution in [0.25, 0.3) is 0 Å². The third-order valence-electron chi connectivity index (χ3n) is 11.5. The third kappa shape index (κ3) is 9.70. The number of alkyl halides is 2. The molecule has 0 aromatic carbocycles. The summed E-state index contributed by atoms with van der Waals surface area (Å²) in [5, 5.41) is 0. The first-order chi connectivity index (χ1) is 22.5. The topological polar surface area (TPSA) is 19.4 Å². The van der Waals surface area contributed by atoms with Crippen LogP contribution >= 0.6 is 59.8 Å². The number of hydrogen-bond donors (Lipinski definition) is 0. The van der Waals surface area contributed by atoms with Crippen LogP contribution < -0.4 is 44.3 Å². The van der Waals surface area contributed by atoms with E-state index in [4.69, 9.17) is 0 Å². The summed E-state index contributed by atoms with van der Waals surface area (Å²) in [5.41, 5.74) is 0. The van der Waals surface area contributed by atoms with Gasteiger partial charge < -0.3 is 0 Å². The van der Waals surface area contributed by atoms with Crippen LogP contribution in [0.5, 0.6) is 0 Å². The van der Waals surface area contributed by atoms with Crippen molar-refractivity contribution in [1.82, 2.24) is 29.4 Å². The Labute approximate surface area is 345 Å². The molecule has 0 saturated carbocycles. The summed E-state index contributed by atoms with van der Waals surface area (Å²) >= 11 is 9.53. The third-order valence-corrected chi connectivity index (χ3v) is 17.5. The van der Waals surface area contributed by atoms with Crippen molar-refractivity contribution >= 4 is 59.8 Å². The molecule has 8 aliphatic heterocycles. The molecule has 1 radical (unpaired) electrons. The fraction of sp³-hybridized carbons (Fsp3) is 1.00. The van der Waals surface area contributed by atoms with Gasteiger partial charge in [-0.2, -0.15) is 0 Å². The van der Waals surface area contributed by atoms with Crippen molar-refractivity contribution in [2.45, 2.75) is 96.8 Å². The van der Waals surface area contributed by atoms with E-state index in [2.05, 4.69) is 133 Å². The van der Waals surface area contributed by atoms with E-state index in [1.165, 1.54) is 166 Å². The van der Waals surface area contributed by atoms with Crippen LogP contribution in [0, 0.1) is 0 Å². The molecule has 8 rings (SSSR count). The van der Waals surface area contributed by atoms with E-state index in [9.17, 15) is 0 Å². The van der Waals surface area contributed by atoms with E-state index < -0.39 is 0 Å². The first-order valence-electron chi connectivity index (χ1n) is 18.5. The van der Waals surface area contributed by atoms with Gasteiger partial charge in [-0.1, -0.05) is 55.7 Å². The first kappa shape index (κ1) is 42.1. The number of piperazine rings is 4. The molecule has 8 fully saturated rings. The van der Waals surface area contributed by atoms with E-state index in [-0.39, 0.29) is 0 Å². The van der Waals surface area contributed by atoms with E-state index in [0.717, 1.165) is 24.7 Å². The van der Waals surface area contributed by atoms with Crippen LogP contribution in [0.4, 0.5) is 0 Å². The van der Waals surface area contributed by atoms with Gasteiger partial charge in [-0.25, -0.2) is 0 Å². The normalized spacial score (nSPS) is 37.4. The molecule has 0 aliphatic carbocycles. The molecule has 8 aliphatic rings. The van der Waals surface area contributed by atoms with Crippen LogP contribution in [0.1, 0.15) is 72.1 Å². The van der Waals surface area contributed by atoms with E-state index in [1.54, 1.807) is 0 Å². The Morgan fingerprint density at radius 1 is 0.543 bits per heavy atom. The molecule has 8 nitrogen and oxygen atoms in total. The van der Waals surface area contributed by atoms with E-state index in [1.807, 2.05) is 4.93 Å². The van der Waals surface area contributed by atoms with Crippen molar-refractivity contribution in [2.75, 3.05) is 114 Å². The molecule has 13 heteroatoms. The number of quaternary nitrogens is 2. The average molecular weight is 1210 g/mol. The van der Waals surface area contributed by atoms with Crippen LogP contribution in [0.2, 0.25) is 0 Å². The molecule has 0 amide bonds. The van der Waals surface area contributed by atoms with Crippen molar-refractivity contribution in [3.8, 4) is 0 Å². The van der Waals surface area contributed by atoms with Crippen LogP contribution in [0.15, 0.2) is 0 Å². The Bertz CT molecular complexity index is 826. The zero-order valence-corrected chi connectivity index (χ0v) is 40.2. The number of unbranched alkanes of at least 4 members (excludes halogenated alkanes) is 2. The van der Waals surface area contributed by atoms with Gasteiger partial charge in [0.2, 0.25) is 0 Å². The largest absolute Gasteiger partial charge is 0.0901 e. The molecule has 4 atom stereocenters. The average Bonchev–Trinajstić information content (AvgIpc) is 3.11. The minimum absolute atomic E-state index is 0.308. The van der Waals surface area contributed by atoms with Gasteiger partial charge in [0.25, 0.3) is 0 Å². The van der Waals surface area contributed by atoms with Gasteiger partial charge in [-0.3, -0.25) is 19.6 Å². The van der Waals surface area contributed by atoms with Gasteiger partial charge in [0.1, 0.15) is 0 Å². The van der Waals surface area contributed by atoms with Gasteiger partial charge in [-0.05, 0) is 17.8 Å². The Kier molecular flexibility index (Phi) is 19.5. The fourth-order valence-electron chi connectivity index (χ4n) is 9.59. The zero-order valence-electron chi connectivity index (χ0n) is 29.5. The second-order valence-electron chi connectivity index (χ2n) is 14.2. The molecule has 0 aromatic rings. The van der Waals surface area contributed by atoms with Crippen molar-refractivity contribution < 1.29 is 49.7 Å². The number of hydrogen-bond acceptors (Lipinski definition) is 6. The van der Waals surface area contributed by atoms with Crippen molar-refractivity contribution in [2.24, 2.45) is 0 Å². The molecule has 8 saturated heterocycles. The molecule has 0 bridgehead atoms. The molecular weight excluding hydrogens is 1140 g/mol. The number of halogens is 5. The maximum atomic E-state index is 2.91. The van der Waals surface area contributed by atoms with Crippen LogP contribution in [0.3, 0.4) is 0 Å². The van der Waals surface area contributed by atoms with Crippen LogP contribution in [-0.4, -0.2) is 174 Å². The minimum Gasteiger partial charge on any atom is -0.0901 e. The van der Waals surface area contributed by atoms with Crippen molar-refractivity contribution in [3.63, 3.8) is 0 Å². The zero-order chi connectivity index (χ0) is 33.2. The predicted molar refractivity (Wildman–Crippen MR) is 211 cm³/mol. The summed E-state index contributed by atoms with van der Waals surface area (Å²) in [6.07, 6.45) is 14.2. The fourth-order valence-corrected chi connectivity index (χ4v) is 14.5. The van der Waals surface area contributed by atoms with Crippen molar-refractivity contribution in [1.29, 1.82) is 0 Å². The summed E-state index contributed by atoms with van der Waals surface area (Å²) < 4.78 is 4.39. The van der Waals surface area contributed by atoms with Gasteiger partial charge in [0, 0.05) is 89.6 Å². The molecule has 273 valence electrons. The smallest absolute Gasteiger partial charge is 0 e. The molecule has 8 heterocycles. The number of nitrogens with zero attached hydrogens (tertiary/aromatic N) is 8. The van der Waals surface area contributed by atoms with Gasteiger partial charge >= 0.3 is 155 Å². The Balaban J connectivity index is 0.000000170. The summed E-state index contributed by atoms with van der Waals surface area (Å²) in [6.45, 7) is 28.6. The maximum absolute atomic E-state index is 2.91. The quantitative estimate of drug-likeness (QED) is 0.205. The second kappa shape index (κ2) is 21.3. The molecule has 46 heavy (non-hydrogen) atoms. The SMILES string of the molecule is C1CN2CCN3CCCN4CCN(C1)C2C34.CCCCC.CCC[I-][N+]12CCCN3CC[N+]4([I-])CCCN(CC1)C4C32.CI.II. The molecule has 0 spiro atoms. The summed E-state index contributed by atoms with van der Waals surface area (Å²) in [7, 11) is 0. The van der Waals surface area contributed by atoms with Gasteiger partial charge in [0.05, 0.1) is 12.3 Å². The Morgan fingerprint density at radius 3 is 1.48 bits per heavy atom. The molecule has 0 N–H and O–H groups in total. The van der Waals surface area contributed by atoms with E-state index in [0.29, 0.717) is 21.5 Å². The van der Waals surface area contributed by atoms with Gasteiger partial charge in [0.15, 0.2) is 0 Å². The molecule has 0 aromatic heterocycles. The maximum Gasteiger partial charge on any atom is 0 e. The summed E-state index contributed by atoms with van der Waals surface area (Å²) in [6, 6.07) is 0. The Morgan fingerprint density at radius 2 is 1.00 bits per heavy atom. The Hall–Kier alpha value is 3.33. The predicted octanol–water partition coefficient (Wildman–Crippen LogP) is -0.707. The molecular formula is C33H66I5N8. The summed E-state index contributed by atoms with van der Waals surface area (Å²) in [4.78, 5) is 18.7. The van der Waals surface area contributed by atoms with E-state index >= 15 is 0 Å². The van der Waals surface area contributed by atoms with Gasteiger partial charge in [-0.15, -0.1) is 0 Å². The standard InChI is InChI=1S/C15H29I2N4.C12H22N4.C5H12.CH3I.I2/c1-2-5-17-21-11-4-7-19-8-12-20(16)10-3-6-18(9-13-21)14(20)15(19)21;1-3-13-7-9-15-5-2-6-16-10-8-14(4-1)11(13)12(15)16;1-3-5-4-2;2*1-2/h14-15H,2-13H2,1H3;11-12H,1-10H2;3-5H2,1-2H3;1H3;. The van der Waals surface area contributed by atoms with Crippen molar-refractivity contribution in [3.05, 3.63) is 0 Å². The molecule has 4 unspecified atom stereocenters.